The summed E-state index contributed by atoms with van der Waals surface area (Å²) in [6, 6.07) is 14.8. The Hall–Kier alpha value is -7.73. The SMILES string of the molecule is CCCC[C@H](NC(=O)[C@H](Cc1c[nH]c2ccccc12)NC(=O)CCNC(=O)CCNC(=S)Nc1ccc(O)c(NC(=O)CNC(=O)CS)c1)C(=O)N[C@@H](CC(=O)O)C(=O)N[C@@H](Cc1ccccc1)C(N)=O. The molecule has 4 aromatic rings. The zero-order valence-corrected chi connectivity index (χ0v) is 40.5. The predicted molar refractivity (Wildman–Crippen MR) is 271 cm³/mol. The summed E-state index contributed by atoms with van der Waals surface area (Å²) in [6.45, 7) is 1.50. The quantitative estimate of drug-likeness (QED) is 0.0161. The lowest BCUT2D eigenvalue weighted by atomic mass is 10.0. The number of phenolic OH excluding ortho intramolecular Hbond substituents is 1. The number of carbonyl (C=O) groups is 9. The maximum absolute atomic E-state index is 14.1. The Morgan fingerprint density at radius 2 is 1.35 bits per heavy atom. The highest BCUT2D eigenvalue weighted by molar-refractivity contribution is 7.81. The summed E-state index contributed by atoms with van der Waals surface area (Å²) in [7, 11) is 0. The number of thiol groups is 1. The molecule has 1 heterocycles. The number of thiocarbonyl (C=S) groups is 1. The van der Waals surface area contributed by atoms with E-state index in [1.165, 1.54) is 18.2 Å². The Kier molecular flexibility index (Phi) is 22.6. The molecule has 0 spiro atoms. The predicted octanol–water partition coefficient (Wildman–Crippen LogP) is 0.616. The average Bonchev–Trinajstić information content (AvgIpc) is 3.74. The Labute approximate surface area is 419 Å². The zero-order valence-electron chi connectivity index (χ0n) is 38.8. The molecule has 3 aromatic carbocycles. The van der Waals surface area contributed by atoms with Gasteiger partial charge in [-0.15, -0.1) is 0 Å². The van der Waals surface area contributed by atoms with Crippen LogP contribution in [0.15, 0.2) is 79.0 Å². The van der Waals surface area contributed by atoms with E-state index in [9.17, 15) is 53.4 Å². The van der Waals surface area contributed by atoms with Crippen LogP contribution in [-0.4, -0.2) is 123 Å². The Morgan fingerprint density at radius 3 is 2.06 bits per heavy atom. The summed E-state index contributed by atoms with van der Waals surface area (Å²) in [6.07, 6.45) is 1.66. The standard InChI is InChI=1S/C47H59N11O11S2/c1-2-3-12-32(44(67)58-36(23-42(64)65)46(69)57-34(43(48)66)20-27-9-5-4-6-10-27)56-45(68)35(21-28-24-51-31-13-8-7-11-30(28)31)55-39(61)17-18-49-38(60)16-19-50-47(71)53-29-14-15-37(59)33(22-29)54-40(62)25-52-41(63)26-70/h4-11,13-15,22,24,32,34-36,51,59,70H,2-3,12,16-21,23,25-26H2,1H3,(H2,48,66)(H,49,60)(H,52,63)(H,54,62)(H,55,61)(H,56,68)(H,57,69)(H,58,67)(H,64,65)(H2,50,53,71)/t32-,34-,35-,36-/m0/s1. The van der Waals surface area contributed by atoms with Gasteiger partial charge in [-0.25, -0.2) is 0 Å². The number of hydrogen-bond donors (Lipinski definition) is 14. The number of carboxylic acid groups (broad SMARTS) is 1. The maximum Gasteiger partial charge on any atom is 0.305 e. The number of aromatic hydroxyl groups is 1. The lowest BCUT2D eigenvalue weighted by molar-refractivity contribution is -0.141. The summed E-state index contributed by atoms with van der Waals surface area (Å²) < 4.78 is 0. The average molecular weight is 1020 g/mol. The largest absolute Gasteiger partial charge is 0.506 e. The van der Waals surface area contributed by atoms with Crippen LogP contribution in [0.3, 0.4) is 0 Å². The molecule has 8 amide bonds. The number of nitrogens with two attached hydrogens (primary N) is 1. The third-order valence-electron chi connectivity index (χ3n) is 10.6. The number of carboxylic acids is 1. The van der Waals surface area contributed by atoms with Crippen LogP contribution >= 0.6 is 24.8 Å². The molecule has 0 aliphatic carbocycles. The number of amides is 8. The number of H-pyrrole nitrogens is 1. The fraction of sp³-hybridized carbons (Fsp3) is 0.362. The summed E-state index contributed by atoms with van der Waals surface area (Å²) >= 11 is 9.14. The molecule has 0 saturated carbocycles. The summed E-state index contributed by atoms with van der Waals surface area (Å²) in [5, 5.41) is 44.2. The van der Waals surface area contributed by atoms with Gasteiger partial charge in [0, 0.05) is 61.6 Å². The van der Waals surface area contributed by atoms with E-state index in [2.05, 4.69) is 65.5 Å². The number of benzene rings is 3. The van der Waals surface area contributed by atoms with Crippen molar-refractivity contribution in [2.45, 2.75) is 82.5 Å². The second-order valence-electron chi connectivity index (χ2n) is 16.1. The number of aromatic nitrogens is 1. The van der Waals surface area contributed by atoms with E-state index in [-0.39, 0.29) is 74.0 Å². The molecule has 22 nitrogen and oxygen atoms in total. The van der Waals surface area contributed by atoms with Crippen molar-refractivity contribution >= 4 is 105 Å². The number of nitrogens with one attached hydrogen (secondary N) is 10. The molecule has 4 rings (SSSR count). The molecule has 380 valence electrons. The number of anilines is 2. The van der Waals surface area contributed by atoms with Crippen LogP contribution in [0.4, 0.5) is 11.4 Å². The summed E-state index contributed by atoms with van der Waals surface area (Å²) in [5.41, 5.74) is 8.13. The number of carbonyl (C=O) groups excluding carboxylic acids is 8. The number of unbranched alkanes of at least 4 members (excludes halogenated alkanes) is 1. The second kappa shape index (κ2) is 28.7. The molecule has 71 heavy (non-hydrogen) atoms. The first-order valence-electron chi connectivity index (χ1n) is 22.6. The number of para-hydroxylation sites is 1. The minimum atomic E-state index is -1.66. The molecule has 0 fully saturated rings. The number of fused-ring (bicyclic) bond motifs is 1. The van der Waals surface area contributed by atoms with E-state index in [0.717, 1.165) is 10.9 Å². The van der Waals surface area contributed by atoms with Crippen LogP contribution < -0.4 is 53.6 Å². The van der Waals surface area contributed by atoms with Gasteiger partial charge in [0.1, 0.15) is 29.9 Å². The molecule has 0 bridgehead atoms. The van der Waals surface area contributed by atoms with Crippen LogP contribution in [0.2, 0.25) is 0 Å². The van der Waals surface area contributed by atoms with Crippen molar-refractivity contribution in [1.82, 2.24) is 42.2 Å². The maximum atomic E-state index is 14.1. The molecule has 4 atom stereocenters. The van der Waals surface area contributed by atoms with E-state index in [0.29, 0.717) is 29.7 Å². The lowest BCUT2D eigenvalue weighted by Gasteiger charge is -2.26. The van der Waals surface area contributed by atoms with E-state index < -0.39 is 83.8 Å². The monoisotopic (exact) mass is 1020 g/mol. The molecule has 0 aliphatic rings. The van der Waals surface area contributed by atoms with E-state index >= 15 is 0 Å². The van der Waals surface area contributed by atoms with Gasteiger partial charge in [0.15, 0.2) is 5.11 Å². The third-order valence-corrected chi connectivity index (χ3v) is 11.1. The molecule has 1 aromatic heterocycles. The summed E-state index contributed by atoms with van der Waals surface area (Å²) in [4.78, 5) is 118. The Bertz CT molecular complexity index is 2540. The van der Waals surface area contributed by atoms with Crippen LogP contribution in [-0.2, 0) is 56.0 Å². The van der Waals surface area contributed by atoms with Crippen molar-refractivity contribution in [1.29, 1.82) is 0 Å². The number of primary amides is 1. The first-order chi connectivity index (χ1) is 34.0. The molecular formula is C47H59N11O11S2. The van der Waals surface area contributed by atoms with Gasteiger partial charge in [-0.2, -0.15) is 12.6 Å². The number of rotatable bonds is 28. The molecular weight excluding hydrogens is 959 g/mol. The van der Waals surface area contributed by atoms with Gasteiger partial charge < -0.3 is 68.8 Å². The van der Waals surface area contributed by atoms with Crippen molar-refractivity contribution < 1.29 is 53.4 Å². The number of aromatic amines is 1. The summed E-state index contributed by atoms with van der Waals surface area (Å²) in [5.74, 6) is -7.30. The van der Waals surface area contributed by atoms with Gasteiger partial charge in [-0.3, -0.25) is 43.2 Å². The minimum absolute atomic E-state index is 0.00594. The fourth-order valence-electron chi connectivity index (χ4n) is 6.96. The zero-order chi connectivity index (χ0) is 51.9. The molecule has 24 heteroatoms. The van der Waals surface area contributed by atoms with Crippen molar-refractivity contribution in [2.75, 3.05) is 36.0 Å². The highest BCUT2D eigenvalue weighted by atomic mass is 32.1. The Morgan fingerprint density at radius 1 is 0.704 bits per heavy atom. The van der Waals surface area contributed by atoms with Crippen LogP contribution in [0, 0.1) is 0 Å². The van der Waals surface area contributed by atoms with Gasteiger partial charge in [0.05, 0.1) is 24.4 Å². The first kappa shape index (κ1) is 55.9. The van der Waals surface area contributed by atoms with Gasteiger partial charge in [-0.1, -0.05) is 68.3 Å². The first-order valence-corrected chi connectivity index (χ1v) is 23.6. The van der Waals surface area contributed by atoms with Gasteiger partial charge in [0.2, 0.25) is 47.3 Å². The molecule has 0 aliphatic heterocycles. The van der Waals surface area contributed by atoms with Gasteiger partial charge >= 0.3 is 5.97 Å². The van der Waals surface area contributed by atoms with Crippen molar-refractivity contribution in [3.05, 3.63) is 90.1 Å². The molecule has 0 radical (unpaired) electrons. The number of aliphatic carboxylic acids is 1. The van der Waals surface area contributed by atoms with E-state index in [1.54, 1.807) is 36.5 Å². The van der Waals surface area contributed by atoms with Gasteiger partial charge in [-0.05, 0) is 54.0 Å². The molecule has 14 N–H and O–H groups in total. The van der Waals surface area contributed by atoms with Crippen molar-refractivity contribution in [2.24, 2.45) is 5.73 Å². The highest BCUT2D eigenvalue weighted by Crippen LogP contribution is 2.27. The molecule has 0 saturated heterocycles. The van der Waals surface area contributed by atoms with Gasteiger partial charge in [0.25, 0.3) is 0 Å². The van der Waals surface area contributed by atoms with E-state index in [4.69, 9.17) is 18.0 Å². The van der Waals surface area contributed by atoms with Crippen molar-refractivity contribution in [3.63, 3.8) is 0 Å². The molecule has 0 unspecified atom stereocenters. The Balaban J connectivity index is 1.35. The van der Waals surface area contributed by atoms with Crippen LogP contribution in [0.25, 0.3) is 10.9 Å². The smallest absolute Gasteiger partial charge is 0.305 e. The minimum Gasteiger partial charge on any atom is -0.506 e. The normalized spacial score (nSPS) is 12.4. The topological polar surface area (TPSA) is 344 Å². The fourth-order valence-corrected chi connectivity index (χ4v) is 7.29. The second-order valence-corrected chi connectivity index (χ2v) is 16.9. The third kappa shape index (κ3) is 19.3. The van der Waals surface area contributed by atoms with E-state index in [1.807, 2.05) is 31.2 Å². The number of hydrogen-bond acceptors (Lipinski definition) is 12. The van der Waals surface area contributed by atoms with Crippen molar-refractivity contribution in [3.8, 4) is 5.75 Å². The van der Waals surface area contributed by atoms with Crippen LogP contribution in [0.5, 0.6) is 5.75 Å². The van der Waals surface area contributed by atoms with Crippen LogP contribution in [0.1, 0.15) is 56.6 Å². The lowest BCUT2D eigenvalue weighted by Crippen LogP contribution is -2.58. The highest BCUT2D eigenvalue weighted by Gasteiger charge is 2.32. The number of phenols is 1.